The van der Waals surface area contributed by atoms with Crippen LogP contribution in [0.3, 0.4) is 0 Å². The molecular weight excluding hydrogens is 245 g/mol. The summed E-state index contributed by atoms with van der Waals surface area (Å²) in [6.45, 7) is 4.95. The van der Waals surface area contributed by atoms with E-state index in [1.165, 1.54) is 6.07 Å². The number of ether oxygens (including phenoxy) is 1. The smallest absolute Gasteiger partial charge is 0.150 e. The maximum atomic E-state index is 13.9. The molecule has 0 unspecified atom stereocenters. The number of nitrogens with zero attached hydrogens (tertiary/aromatic N) is 1. The highest BCUT2D eigenvalue weighted by molar-refractivity contribution is 5.98. The van der Waals surface area contributed by atoms with E-state index in [4.69, 9.17) is 10.5 Å². The summed E-state index contributed by atoms with van der Waals surface area (Å²) in [4.78, 5) is 4.19. The summed E-state index contributed by atoms with van der Waals surface area (Å²) in [6, 6.07) is 4.92. The lowest BCUT2D eigenvalue weighted by atomic mass is 10.1. The topological polar surface area (TPSA) is 60.2 Å². The second-order valence-corrected chi connectivity index (χ2v) is 4.57. The molecule has 0 aliphatic heterocycles. The number of nitrogens with two attached hydrogens (primary N) is 1. The number of rotatable bonds is 5. The van der Waals surface area contributed by atoms with Crippen molar-refractivity contribution in [2.45, 2.75) is 20.0 Å². The number of hydrogen-bond acceptors (Lipinski definition) is 4. The number of pyridine rings is 1. The molecule has 2 rings (SSSR count). The second kappa shape index (κ2) is 5.84. The zero-order valence-corrected chi connectivity index (χ0v) is 11.1. The summed E-state index contributed by atoms with van der Waals surface area (Å²) in [6.07, 6.45) is 1.78. The molecule has 0 aliphatic rings. The van der Waals surface area contributed by atoms with Gasteiger partial charge in [-0.15, -0.1) is 0 Å². The lowest BCUT2D eigenvalue weighted by Gasteiger charge is -2.13. The fourth-order valence-electron chi connectivity index (χ4n) is 1.88. The van der Waals surface area contributed by atoms with Gasteiger partial charge in [0.05, 0.1) is 23.9 Å². The van der Waals surface area contributed by atoms with Crippen LogP contribution >= 0.6 is 0 Å². The van der Waals surface area contributed by atoms with Crippen molar-refractivity contribution >= 4 is 22.3 Å². The van der Waals surface area contributed by atoms with Gasteiger partial charge in [-0.25, -0.2) is 4.39 Å². The zero-order valence-electron chi connectivity index (χ0n) is 11.1. The van der Waals surface area contributed by atoms with Gasteiger partial charge in [0.25, 0.3) is 0 Å². The molecule has 1 aromatic carbocycles. The van der Waals surface area contributed by atoms with Gasteiger partial charge >= 0.3 is 0 Å². The van der Waals surface area contributed by atoms with Crippen LogP contribution in [0.1, 0.15) is 13.8 Å². The average Bonchev–Trinajstić information content (AvgIpc) is 2.37. The minimum atomic E-state index is -0.395. The zero-order chi connectivity index (χ0) is 13.8. The Morgan fingerprint density at radius 2 is 2.26 bits per heavy atom. The number of anilines is 2. The predicted octanol–water partition coefficient (Wildman–Crippen LogP) is 2.79. The minimum Gasteiger partial charge on any atom is -0.398 e. The summed E-state index contributed by atoms with van der Waals surface area (Å²) in [7, 11) is 0. The molecule has 0 atom stereocenters. The molecule has 5 heteroatoms. The summed E-state index contributed by atoms with van der Waals surface area (Å²) in [5.74, 6) is -0.395. The number of hydrogen-bond donors (Lipinski definition) is 2. The molecule has 3 N–H and O–H groups in total. The third-order valence-corrected chi connectivity index (χ3v) is 2.73. The number of nitrogen functional groups attached to an aromatic ring is 1. The van der Waals surface area contributed by atoms with Gasteiger partial charge in [-0.05, 0) is 32.0 Å². The first-order valence-electron chi connectivity index (χ1n) is 6.27. The Morgan fingerprint density at radius 3 is 3.00 bits per heavy atom. The number of aromatic nitrogens is 1. The Kier molecular flexibility index (Phi) is 4.16. The van der Waals surface area contributed by atoms with Gasteiger partial charge in [0, 0.05) is 23.8 Å². The maximum Gasteiger partial charge on any atom is 0.150 e. The monoisotopic (exact) mass is 263 g/mol. The Morgan fingerprint density at radius 1 is 1.47 bits per heavy atom. The maximum absolute atomic E-state index is 13.9. The summed E-state index contributed by atoms with van der Waals surface area (Å²) >= 11 is 0. The fourth-order valence-corrected chi connectivity index (χ4v) is 1.88. The van der Waals surface area contributed by atoms with Crippen LogP contribution in [0, 0.1) is 5.82 Å². The largest absolute Gasteiger partial charge is 0.398 e. The van der Waals surface area contributed by atoms with Gasteiger partial charge < -0.3 is 15.8 Å². The molecule has 4 nitrogen and oxygen atoms in total. The fraction of sp³-hybridized carbons (Fsp3) is 0.357. The van der Waals surface area contributed by atoms with Crippen LogP contribution in [0.15, 0.2) is 24.4 Å². The first-order valence-corrected chi connectivity index (χ1v) is 6.27. The van der Waals surface area contributed by atoms with Gasteiger partial charge in [0.15, 0.2) is 5.82 Å². The molecule has 0 bridgehead atoms. The number of nitrogens with one attached hydrogen (secondary N) is 1. The van der Waals surface area contributed by atoms with Crippen molar-refractivity contribution in [3.63, 3.8) is 0 Å². The molecule has 19 heavy (non-hydrogen) atoms. The Labute approximate surface area is 111 Å². The Bertz CT molecular complexity index is 572. The van der Waals surface area contributed by atoms with Crippen LogP contribution in [-0.2, 0) is 4.74 Å². The molecule has 102 valence electrons. The molecule has 0 spiro atoms. The Hall–Kier alpha value is -1.88. The van der Waals surface area contributed by atoms with E-state index in [2.05, 4.69) is 10.3 Å². The number of benzene rings is 1. The van der Waals surface area contributed by atoms with Crippen LogP contribution in [0.25, 0.3) is 10.9 Å². The molecule has 0 fully saturated rings. The summed E-state index contributed by atoms with van der Waals surface area (Å²) in [5.41, 5.74) is 7.10. The predicted molar refractivity (Wildman–Crippen MR) is 75.7 cm³/mol. The van der Waals surface area contributed by atoms with Crippen molar-refractivity contribution in [1.82, 2.24) is 4.98 Å². The van der Waals surface area contributed by atoms with E-state index in [1.807, 2.05) is 19.9 Å². The molecule has 0 saturated carbocycles. The first kappa shape index (κ1) is 13.5. The first-order chi connectivity index (χ1) is 9.09. The van der Waals surface area contributed by atoms with Gasteiger partial charge in [-0.2, -0.15) is 0 Å². The van der Waals surface area contributed by atoms with Crippen molar-refractivity contribution < 1.29 is 9.13 Å². The van der Waals surface area contributed by atoms with Crippen molar-refractivity contribution in [3.05, 3.63) is 30.2 Å². The van der Waals surface area contributed by atoms with Crippen molar-refractivity contribution in [2.24, 2.45) is 0 Å². The minimum absolute atomic E-state index is 0.160. The van der Waals surface area contributed by atoms with Gasteiger partial charge in [0.2, 0.25) is 0 Å². The van der Waals surface area contributed by atoms with E-state index in [-0.39, 0.29) is 6.10 Å². The quantitative estimate of drug-likeness (QED) is 0.643. The van der Waals surface area contributed by atoms with Crippen molar-refractivity contribution in [3.8, 4) is 0 Å². The normalized spacial score (nSPS) is 11.2. The van der Waals surface area contributed by atoms with E-state index >= 15 is 0 Å². The second-order valence-electron chi connectivity index (χ2n) is 4.57. The van der Waals surface area contributed by atoms with Gasteiger partial charge in [0.1, 0.15) is 0 Å². The number of fused-ring (bicyclic) bond motifs is 1. The number of halogens is 1. The SMILES string of the molecule is CC(C)OCCNc1c(F)cc(N)c2cccnc12. The highest BCUT2D eigenvalue weighted by Crippen LogP contribution is 2.29. The molecule has 0 amide bonds. The lowest BCUT2D eigenvalue weighted by molar-refractivity contribution is 0.0870. The highest BCUT2D eigenvalue weighted by Gasteiger charge is 2.11. The van der Waals surface area contributed by atoms with Gasteiger partial charge in [-0.1, -0.05) is 0 Å². The van der Waals surface area contributed by atoms with E-state index < -0.39 is 5.82 Å². The van der Waals surface area contributed by atoms with E-state index in [1.54, 1.807) is 12.3 Å². The molecular formula is C14H18FN3O. The average molecular weight is 263 g/mol. The van der Waals surface area contributed by atoms with E-state index in [0.717, 1.165) is 5.39 Å². The molecule has 0 radical (unpaired) electrons. The third kappa shape index (κ3) is 3.12. The van der Waals surface area contributed by atoms with Crippen LogP contribution < -0.4 is 11.1 Å². The van der Waals surface area contributed by atoms with E-state index in [9.17, 15) is 4.39 Å². The van der Waals surface area contributed by atoms with Gasteiger partial charge in [-0.3, -0.25) is 4.98 Å². The Balaban J connectivity index is 2.22. The van der Waals surface area contributed by atoms with Crippen LogP contribution in [0.2, 0.25) is 0 Å². The summed E-state index contributed by atoms with van der Waals surface area (Å²) in [5, 5.41) is 3.77. The van der Waals surface area contributed by atoms with Crippen molar-refractivity contribution in [1.29, 1.82) is 0 Å². The van der Waals surface area contributed by atoms with Crippen LogP contribution in [0.4, 0.5) is 15.8 Å². The molecule has 2 aromatic rings. The highest BCUT2D eigenvalue weighted by atomic mass is 19.1. The molecule has 0 saturated heterocycles. The van der Waals surface area contributed by atoms with E-state index in [0.29, 0.717) is 30.0 Å². The van der Waals surface area contributed by atoms with Crippen LogP contribution in [-0.4, -0.2) is 24.2 Å². The third-order valence-electron chi connectivity index (χ3n) is 2.73. The lowest BCUT2D eigenvalue weighted by Crippen LogP contribution is -2.14. The molecule has 0 aliphatic carbocycles. The summed E-state index contributed by atoms with van der Waals surface area (Å²) < 4.78 is 19.4. The van der Waals surface area contributed by atoms with Crippen molar-refractivity contribution in [2.75, 3.05) is 24.2 Å². The molecule has 1 heterocycles. The standard InChI is InChI=1S/C14H18FN3O/c1-9(2)19-7-6-18-14-11(15)8-12(16)10-4-3-5-17-13(10)14/h3-5,8-9,18H,6-7,16H2,1-2H3. The van der Waals surface area contributed by atoms with Crippen LogP contribution in [0.5, 0.6) is 0 Å². The molecule has 1 aromatic heterocycles.